The molecule has 0 spiro atoms. The third kappa shape index (κ3) is 6.67. The van der Waals surface area contributed by atoms with Crippen molar-refractivity contribution in [2.24, 2.45) is 5.92 Å². The Morgan fingerprint density at radius 1 is 0.950 bits per heavy atom. The molecule has 0 aliphatic heterocycles. The Morgan fingerprint density at radius 3 is 2.30 bits per heavy atom. The van der Waals surface area contributed by atoms with Crippen LogP contribution in [-0.4, -0.2) is 6.54 Å². The highest BCUT2D eigenvalue weighted by molar-refractivity contribution is 6.44. The largest absolute Gasteiger partial charge is 0.313 e. The first-order chi connectivity index (χ1) is 9.52. The first-order valence-corrected chi connectivity index (χ1v) is 8.49. The predicted octanol–water partition coefficient (Wildman–Crippen LogP) is 6.34. The van der Waals surface area contributed by atoms with E-state index in [1.807, 2.05) is 0 Å². The van der Waals surface area contributed by atoms with E-state index >= 15 is 0 Å². The molecule has 1 aromatic carbocycles. The van der Waals surface area contributed by atoms with Crippen molar-refractivity contribution in [2.75, 3.05) is 6.54 Å². The zero-order valence-corrected chi connectivity index (χ0v) is 14.6. The van der Waals surface area contributed by atoms with Gasteiger partial charge < -0.3 is 5.32 Å². The lowest BCUT2D eigenvalue weighted by Crippen LogP contribution is -2.15. The minimum absolute atomic E-state index is 0.557. The fourth-order valence-corrected chi connectivity index (χ4v) is 2.78. The lowest BCUT2D eigenvalue weighted by molar-refractivity contribution is 0.512. The van der Waals surface area contributed by atoms with Crippen LogP contribution in [0.5, 0.6) is 0 Å². The zero-order valence-electron chi connectivity index (χ0n) is 12.3. The smallest absolute Gasteiger partial charge is 0.0652 e. The van der Waals surface area contributed by atoms with Crippen LogP contribution in [0.2, 0.25) is 15.1 Å². The maximum Gasteiger partial charge on any atom is 0.0652 e. The van der Waals surface area contributed by atoms with Crippen molar-refractivity contribution in [2.45, 2.75) is 52.5 Å². The summed E-state index contributed by atoms with van der Waals surface area (Å²) in [6.45, 7) is 6.21. The second-order valence-electron chi connectivity index (χ2n) is 5.60. The fourth-order valence-electron chi connectivity index (χ4n) is 2.10. The minimum atomic E-state index is 0.557. The molecule has 20 heavy (non-hydrogen) atoms. The summed E-state index contributed by atoms with van der Waals surface area (Å²) in [4.78, 5) is 0. The number of hydrogen-bond donors (Lipinski definition) is 1. The van der Waals surface area contributed by atoms with Gasteiger partial charge in [-0.25, -0.2) is 0 Å². The van der Waals surface area contributed by atoms with Gasteiger partial charge >= 0.3 is 0 Å². The normalized spacial score (nSPS) is 11.3. The quantitative estimate of drug-likeness (QED) is 0.409. The lowest BCUT2D eigenvalue weighted by Gasteiger charge is -2.10. The Bertz CT molecular complexity index is 405. The van der Waals surface area contributed by atoms with Crippen molar-refractivity contribution in [3.63, 3.8) is 0 Å². The minimum Gasteiger partial charge on any atom is -0.313 e. The summed E-state index contributed by atoms with van der Waals surface area (Å²) < 4.78 is 0. The van der Waals surface area contributed by atoms with Crippen LogP contribution in [0.1, 0.15) is 51.5 Å². The van der Waals surface area contributed by atoms with Gasteiger partial charge in [-0.1, -0.05) is 74.3 Å². The fraction of sp³-hybridized carbons (Fsp3) is 0.625. The van der Waals surface area contributed by atoms with Crippen LogP contribution in [0.15, 0.2) is 12.1 Å². The number of halogens is 3. The van der Waals surface area contributed by atoms with Gasteiger partial charge in [-0.15, -0.1) is 0 Å². The molecule has 0 saturated carbocycles. The van der Waals surface area contributed by atoms with Gasteiger partial charge in [-0.05, 0) is 31.0 Å². The number of nitrogens with one attached hydrogen (secondary N) is 1. The monoisotopic (exact) mass is 335 g/mol. The standard InChI is InChI=1S/C16H24Cl3N/c1-12(2)7-5-3-4-6-10-20-11-13-14(17)8-9-15(18)16(13)19/h8-9,12,20H,3-7,10-11H2,1-2H3. The van der Waals surface area contributed by atoms with E-state index < -0.39 is 0 Å². The van der Waals surface area contributed by atoms with Crippen molar-refractivity contribution < 1.29 is 0 Å². The molecule has 0 saturated heterocycles. The summed E-state index contributed by atoms with van der Waals surface area (Å²) in [5.74, 6) is 0.820. The lowest BCUT2D eigenvalue weighted by atomic mass is 10.0. The van der Waals surface area contributed by atoms with E-state index in [4.69, 9.17) is 34.8 Å². The number of benzene rings is 1. The van der Waals surface area contributed by atoms with Crippen molar-refractivity contribution >= 4 is 34.8 Å². The summed E-state index contributed by atoms with van der Waals surface area (Å²) in [6.07, 6.45) is 6.45. The first-order valence-electron chi connectivity index (χ1n) is 7.35. The van der Waals surface area contributed by atoms with Crippen molar-refractivity contribution in [3.05, 3.63) is 32.8 Å². The maximum atomic E-state index is 6.15. The molecule has 0 unspecified atom stereocenters. The summed E-state index contributed by atoms with van der Waals surface area (Å²) in [7, 11) is 0. The molecular formula is C16H24Cl3N. The Kier molecular flexibility index (Phi) is 8.95. The molecule has 0 aliphatic carbocycles. The van der Waals surface area contributed by atoms with Gasteiger partial charge in [0.1, 0.15) is 0 Å². The Balaban J connectivity index is 2.17. The highest BCUT2D eigenvalue weighted by Crippen LogP contribution is 2.31. The van der Waals surface area contributed by atoms with Gasteiger partial charge in [0.05, 0.1) is 10.0 Å². The summed E-state index contributed by atoms with van der Waals surface area (Å²) in [5, 5.41) is 5.17. The molecule has 1 aromatic rings. The molecule has 0 atom stereocenters. The third-order valence-corrected chi connectivity index (χ3v) is 4.52. The van der Waals surface area contributed by atoms with E-state index in [0.29, 0.717) is 21.6 Å². The van der Waals surface area contributed by atoms with E-state index in [1.165, 1.54) is 32.1 Å². The summed E-state index contributed by atoms with van der Waals surface area (Å²) >= 11 is 18.3. The van der Waals surface area contributed by atoms with Crippen LogP contribution >= 0.6 is 34.8 Å². The van der Waals surface area contributed by atoms with Gasteiger partial charge in [0, 0.05) is 17.1 Å². The average molecular weight is 337 g/mol. The predicted molar refractivity (Wildman–Crippen MR) is 91.1 cm³/mol. The van der Waals surface area contributed by atoms with Crippen LogP contribution in [0.25, 0.3) is 0 Å². The molecule has 114 valence electrons. The summed E-state index contributed by atoms with van der Waals surface area (Å²) in [6, 6.07) is 3.52. The number of unbranched alkanes of at least 4 members (excludes halogenated alkanes) is 3. The van der Waals surface area contributed by atoms with Crippen LogP contribution in [0.3, 0.4) is 0 Å². The van der Waals surface area contributed by atoms with Gasteiger partial charge in [0.2, 0.25) is 0 Å². The van der Waals surface area contributed by atoms with E-state index in [9.17, 15) is 0 Å². The first kappa shape index (κ1) is 18.1. The molecule has 0 fully saturated rings. The van der Waals surface area contributed by atoms with Crippen molar-refractivity contribution in [1.82, 2.24) is 5.32 Å². The Hall–Kier alpha value is 0.0500. The van der Waals surface area contributed by atoms with Crippen LogP contribution in [0, 0.1) is 5.92 Å². The van der Waals surface area contributed by atoms with E-state index in [1.54, 1.807) is 12.1 Å². The Morgan fingerprint density at radius 2 is 1.60 bits per heavy atom. The van der Waals surface area contributed by atoms with E-state index in [0.717, 1.165) is 18.0 Å². The molecule has 0 bridgehead atoms. The molecule has 0 aliphatic rings. The van der Waals surface area contributed by atoms with Crippen molar-refractivity contribution in [3.8, 4) is 0 Å². The van der Waals surface area contributed by atoms with Gasteiger partial charge in [-0.3, -0.25) is 0 Å². The highest BCUT2D eigenvalue weighted by Gasteiger charge is 2.08. The molecule has 1 rings (SSSR count). The van der Waals surface area contributed by atoms with E-state index in [-0.39, 0.29) is 0 Å². The molecule has 0 aromatic heterocycles. The average Bonchev–Trinajstić information content (AvgIpc) is 2.40. The Labute approximate surface area is 138 Å². The van der Waals surface area contributed by atoms with Gasteiger partial charge in [0.15, 0.2) is 0 Å². The van der Waals surface area contributed by atoms with Gasteiger partial charge in [-0.2, -0.15) is 0 Å². The SMILES string of the molecule is CC(C)CCCCCCNCc1c(Cl)ccc(Cl)c1Cl. The van der Waals surface area contributed by atoms with E-state index in [2.05, 4.69) is 19.2 Å². The molecule has 0 radical (unpaired) electrons. The molecule has 4 heteroatoms. The third-order valence-electron chi connectivity index (χ3n) is 3.33. The van der Waals surface area contributed by atoms with Crippen LogP contribution in [0.4, 0.5) is 0 Å². The molecule has 1 N–H and O–H groups in total. The van der Waals surface area contributed by atoms with Crippen LogP contribution < -0.4 is 5.32 Å². The second kappa shape index (κ2) is 9.89. The maximum absolute atomic E-state index is 6.15. The van der Waals surface area contributed by atoms with Crippen LogP contribution in [-0.2, 0) is 6.54 Å². The van der Waals surface area contributed by atoms with Gasteiger partial charge in [0.25, 0.3) is 0 Å². The van der Waals surface area contributed by atoms with Crippen molar-refractivity contribution in [1.29, 1.82) is 0 Å². The molecule has 0 heterocycles. The topological polar surface area (TPSA) is 12.0 Å². The molecular weight excluding hydrogens is 313 g/mol. The highest BCUT2D eigenvalue weighted by atomic mass is 35.5. The number of rotatable bonds is 9. The number of hydrogen-bond acceptors (Lipinski definition) is 1. The zero-order chi connectivity index (χ0) is 15.0. The molecule has 0 amide bonds. The summed E-state index contributed by atoms with van der Waals surface area (Å²) in [5.41, 5.74) is 0.889. The second-order valence-corrected chi connectivity index (χ2v) is 6.79. The molecule has 1 nitrogen and oxygen atoms in total.